The fraction of sp³-hybridized carbons (Fsp3) is 0.400. The highest BCUT2D eigenvalue weighted by molar-refractivity contribution is 5.85. The Kier molecular flexibility index (Phi) is 13.3. The number of rotatable bonds is 11. The summed E-state index contributed by atoms with van der Waals surface area (Å²) < 4.78 is 6.01. The van der Waals surface area contributed by atoms with E-state index in [-0.39, 0.29) is 30.9 Å². The molecule has 1 atom stereocenters. The van der Waals surface area contributed by atoms with Crippen molar-refractivity contribution >= 4 is 36.2 Å². The van der Waals surface area contributed by atoms with E-state index in [0.29, 0.717) is 0 Å². The van der Waals surface area contributed by atoms with Gasteiger partial charge in [-0.1, -0.05) is 66.7 Å². The quantitative estimate of drug-likeness (QED) is 0.277. The Labute approximate surface area is 230 Å². The van der Waals surface area contributed by atoms with Gasteiger partial charge in [0.05, 0.1) is 12.6 Å². The van der Waals surface area contributed by atoms with Crippen LogP contribution in [0, 0.1) is 0 Å². The molecule has 6 heteroatoms. The van der Waals surface area contributed by atoms with Gasteiger partial charge >= 0.3 is 0 Å². The van der Waals surface area contributed by atoms with Gasteiger partial charge in [-0.2, -0.15) is 0 Å². The van der Waals surface area contributed by atoms with Crippen LogP contribution in [0.15, 0.2) is 84.9 Å². The minimum absolute atomic E-state index is 0. The molecule has 3 aromatic carbocycles. The van der Waals surface area contributed by atoms with Gasteiger partial charge in [0.2, 0.25) is 0 Å². The number of hydrogen-bond acceptors (Lipinski definition) is 4. The number of nitrogens with zero attached hydrogens (tertiary/aromatic N) is 3. The lowest BCUT2D eigenvalue weighted by Gasteiger charge is -2.40. The van der Waals surface area contributed by atoms with Crippen LogP contribution in [0.4, 0.5) is 11.4 Å². The third kappa shape index (κ3) is 8.22. The zero-order valence-electron chi connectivity index (χ0n) is 21.6. The van der Waals surface area contributed by atoms with Crippen LogP contribution < -0.4 is 4.90 Å². The van der Waals surface area contributed by atoms with E-state index >= 15 is 0 Å². The van der Waals surface area contributed by atoms with Gasteiger partial charge < -0.3 is 14.5 Å². The summed E-state index contributed by atoms with van der Waals surface area (Å²) >= 11 is 0. The third-order valence-corrected chi connectivity index (χ3v) is 6.91. The summed E-state index contributed by atoms with van der Waals surface area (Å²) in [7, 11) is 2.16. The second-order valence-electron chi connectivity index (χ2n) is 9.10. The lowest BCUT2D eigenvalue weighted by Crippen LogP contribution is -2.48. The SMILES string of the molecule is CCOCC(c1ccccc1N(C)c1ccccc1)N1CCN(CCCc2ccccc2)CC1.Cl.Cl. The van der Waals surface area contributed by atoms with Crippen molar-refractivity contribution in [2.75, 3.05) is 57.9 Å². The standard InChI is InChI=1S/C30H39N3O.2ClH/c1-3-34-25-30(28-18-10-11-19-29(28)31(2)27-16-8-5-9-17-27)33-23-21-32(22-24-33)20-12-15-26-13-6-4-7-14-26;;/h4-11,13-14,16-19,30H,3,12,15,20-25H2,1-2H3;2*1H. The third-order valence-electron chi connectivity index (χ3n) is 6.91. The van der Waals surface area contributed by atoms with Crippen LogP contribution in [0.3, 0.4) is 0 Å². The molecular formula is C30H41Cl2N3O. The van der Waals surface area contributed by atoms with Crippen LogP contribution in [-0.2, 0) is 11.2 Å². The van der Waals surface area contributed by atoms with E-state index in [9.17, 15) is 0 Å². The zero-order chi connectivity index (χ0) is 23.6. The summed E-state index contributed by atoms with van der Waals surface area (Å²) in [5.41, 5.74) is 5.24. The number of aryl methyl sites for hydroxylation is 1. The van der Waals surface area contributed by atoms with Gasteiger partial charge in [0.1, 0.15) is 0 Å². The predicted octanol–water partition coefficient (Wildman–Crippen LogP) is 6.63. The first kappa shape index (κ1) is 30.1. The van der Waals surface area contributed by atoms with E-state index in [1.165, 1.54) is 35.5 Å². The molecule has 196 valence electrons. The highest BCUT2D eigenvalue weighted by atomic mass is 35.5. The van der Waals surface area contributed by atoms with Crippen molar-refractivity contribution in [2.45, 2.75) is 25.8 Å². The van der Waals surface area contributed by atoms with Gasteiger partial charge in [0.15, 0.2) is 0 Å². The van der Waals surface area contributed by atoms with Gasteiger partial charge in [-0.15, -0.1) is 24.8 Å². The predicted molar refractivity (Wildman–Crippen MR) is 157 cm³/mol. The van der Waals surface area contributed by atoms with Crippen molar-refractivity contribution in [1.82, 2.24) is 9.80 Å². The molecule has 1 aliphatic heterocycles. The second-order valence-corrected chi connectivity index (χ2v) is 9.10. The molecular weight excluding hydrogens is 489 g/mol. The molecule has 0 aliphatic carbocycles. The first-order valence-electron chi connectivity index (χ1n) is 12.7. The Bertz CT molecular complexity index is 982. The molecule has 0 N–H and O–H groups in total. The van der Waals surface area contributed by atoms with Crippen LogP contribution in [0.25, 0.3) is 0 Å². The largest absolute Gasteiger partial charge is 0.380 e. The molecule has 0 bridgehead atoms. The Morgan fingerprint density at radius 2 is 1.42 bits per heavy atom. The maximum absolute atomic E-state index is 6.01. The van der Waals surface area contributed by atoms with E-state index in [0.717, 1.165) is 45.8 Å². The molecule has 3 aromatic rings. The van der Waals surface area contributed by atoms with E-state index in [1.54, 1.807) is 0 Å². The molecule has 1 saturated heterocycles. The minimum atomic E-state index is 0. The van der Waals surface area contributed by atoms with E-state index < -0.39 is 0 Å². The van der Waals surface area contributed by atoms with Crippen LogP contribution in [0.2, 0.25) is 0 Å². The summed E-state index contributed by atoms with van der Waals surface area (Å²) in [6.45, 7) is 9.12. The Morgan fingerprint density at radius 3 is 2.08 bits per heavy atom. The van der Waals surface area contributed by atoms with Gasteiger partial charge in [-0.3, -0.25) is 4.90 Å². The summed E-state index contributed by atoms with van der Waals surface area (Å²) in [4.78, 5) is 7.55. The maximum Gasteiger partial charge on any atom is 0.0664 e. The molecule has 0 radical (unpaired) electrons. The summed E-state index contributed by atoms with van der Waals surface area (Å²) in [5, 5.41) is 0. The van der Waals surface area contributed by atoms with Crippen molar-refractivity contribution < 1.29 is 4.74 Å². The fourth-order valence-corrected chi connectivity index (χ4v) is 4.94. The van der Waals surface area contributed by atoms with Crippen molar-refractivity contribution in [3.05, 3.63) is 96.1 Å². The van der Waals surface area contributed by atoms with Crippen molar-refractivity contribution in [1.29, 1.82) is 0 Å². The normalized spacial score (nSPS) is 14.9. The average molecular weight is 531 g/mol. The molecule has 0 spiro atoms. The molecule has 1 aliphatic rings. The minimum Gasteiger partial charge on any atom is -0.380 e. The molecule has 0 amide bonds. The van der Waals surface area contributed by atoms with Crippen molar-refractivity contribution in [2.24, 2.45) is 0 Å². The number of halogens is 2. The summed E-state index contributed by atoms with van der Waals surface area (Å²) in [6, 6.07) is 30.5. The lowest BCUT2D eigenvalue weighted by molar-refractivity contribution is 0.0349. The topological polar surface area (TPSA) is 19.0 Å². The van der Waals surface area contributed by atoms with E-state index in [2.05, 4.69) is 114 Å². The first-order valence-corrected chi connectivity index (χ1v) is 12.7. The number of ether oxygens (including phenoxy) is 1. The highest BCUT2D eigenvalue weighted by Gasteiger charge is 2.27. The summed E-state index contributed by atoms with van der Waals surface area (Å²) in [6.07, 6.45) is 2.38. The number of hydrogen-bond donors (Lipinski definition) is 0. The smallest absolute Gasteiger partial charge is 0.0664 e. The number of anilines is 2. The van der Waals surface area contributed by atoms with Crippen molar-refractivity contribution in [3.8, 4) is 0 Å². The average Bonchev–Trinajstić information content (AvgIpc) is 2.91. The van der Waals surface area contributed by atoms with Crippen LogP contribution >= 0.6 is 24.8 Å². The molecule has 4 nitrogen and oxygen atoms in total. The highest BCUT2D eigenvalue weighted by Crippen LogP contribution is 2.34. The molecule has 4 rings (SSSR count). The molecule has 1 fully saturated rings. The van der Waals surface area contributed by atoms with Gasteiger partial charge in [-0.05, 0) is 55.6 Å². The number of para-hydroxylation sites is 2. The van der Waals surface area contributed by atoms with E-state index in [4.69, 9.17) is 4.74 Å². The second kappa shape index (κ2) is 15.9. The Balaban J connectivity index is 0.00000228. The first-order chi connectivity index (χ1) is 16.8. The van der Waals surface area contributed by atoms with Crippen LogP contribution in [0.5, 0.6) is 0 Å². The Morgan fingerprint density at radius 1 is 0.806 bits per heavy atom. The van der Waals surface area contributed by atoms with Crippen LogP contribution in [0.1, 0.15) is 30.5 Å². The van der Waals surface area contributed by atoms with Gasteiger partial charge in [0, 0.05) is 51.2 Å². The maximum atomic E-state index is 6.01. The van der Waals surface area contributed by atoms with Gasteiger partial charge in [-0.25, -0.2) is 0 Å². The summed E-state index contributed by atoms with van der Waals surface area (Å²) in [5.74, 6) is 0. The monoisotopic (exact) mass is 529 g/mol. The molecule has 1 heterocycles. The Hall–Kier alpha value is -2.08. The molecule has 36 heavy (non-hydrogen) atoms. The van der Waals surface area contributed by atoms with Gasteiger partial charge in [0.25, 0.3) is 0 Å². The molecule has 0 aromatic heterocycles. The van der Waals surface area contributed by atoms with E-state index in [1.807, 2.05) is 0 Å². The molecule has 0 saturated carbocycles. The number of piperazine rings is 1. The van der Waals surface area contributed by atoms with Crippen molar-refractivity contribution in [3.63, 3.8) is 0 Å². The van der Waals surface area contributed by atoms with Crippen LogP contribution in [-0.4, -0.2) is 62.8 Å². The lowest BCUT2D eigenvalue weighted by atomic mass is 10.0. The number of benzene rings is 3. The zero-order valence-corrected chi connectivity index (χ0v) is 23.2. The molecule has 1 unspecified atom stereocenters. The fourth-order valence-electron chi connectivity index (χ4n) is 4.94.